The van der Waals surface area contributed by atoms with Gasteiger partial charge in [-0.25, -0.2) is 4.79 Å². The highest BCUT2D eigenvalue weighted by molar-refractivity contribution is 5.90. The van der Waals surface area contributed by atoms with Crippen LogP contribution in [0.1, 0.15) is 20.8 Å². The number of ether oxygens (including phenoxy) is 2. The maximum absolute atomic E-state index is 11.0. The number of carbonyl (C=O) groups is 2. The number of carbonyl (C=O) groups excluding carboxylic acids is 2. The predicted molar refractivity (Wildman–Crippen MR) is 42.7 cm³/mol. The largest absolute Gasteiger partial charge is 0.461 e. The van der Waals surface area contributed by atoms with Crippen LogP contribution in [0, 0.1) is 0 Å². The standard InChI is InChI=1S/C8H14O4/c1-4-11-7(5-9)8(10)12-6(2)3/h5-7H,4H2,1-3H3. The van der Waals surface area contributed by atoms with E-state index in [1.807, 2.05) is 0 Å². The van der Waals surface area contributed by atoms with Crippen molar-refractivity contribution in [1.82, 2.24) is 0 Å². The average molecular weight is 174 g/mol. The van der Waals surface area contributed by atoms with E-state index in [4.69, 9.17) is 9.47 Å². The van der Waals surface area contributed by atoms with Crippen LogP contribution in [-0.2, 0) is 19.1 Å². The highest BCUT2D eigenvalue weighted by Crippen LogP contribution is 1.96. The first-order chi connectivity index (χ1) is 5.61. The molecule has 0 aromatic rings. The molecule has 0 aliphatic heterocycles. The lowest BCUT2D eigenvalue weighted by Gasteiger charge is -2.12. The molecule has 0 aromatic heterocycles. The topological polar surface area (TPSA) is 52.6 Å². The molecule has 0 spiro atoms. The molecule has 0 saturated carbocycles. The molecule has 4 heteroatoms. The van der Waals surface area contributed by atoms with Crippen molar-refractivity contribution in [1.29, 1.82) is 0 Å². The monoisotopic (exact) mass is 174 g/mol. The summed E-state index contributed by atoms with van der Waals surface area (Å²) in [5, 5.41) is 0. The lowest BCUT2D eigenvalue weighted by Crippen LogP contribution is -2.29. The fraction of sp³-hybridized carbons (Fsp3) is 0.750. The molecule has 0 aliphatic carbocycles. The molecule has 0 radical (unpaired) electrons. The Morgan fingerprint density at radius 1 is 1.50 bits per heavy atom. The molecule has 70 valence electrons. The molecule has 1 atom stereocenters. The Hall–Kier alpha value is -0.900. The van der Waals surface area contributed by atoms with E-state index in [9.17, 15) is 9.59 Å². The average Bonchev–Trinajstić information content (AvgIpc) is 1.98. The summed E-state index contributed by atoms with van der Waals surface area (Å²) in [5.41, 5.74) is 0. The van der Waals surface area contributed by atoms with Gasteiger partial charge in [-0.05, 0) is 20.8 Å². The van der Waals surface area contributed by atoms with E-state index < -0.39 is 12.1 Å². The predicted octanol–water partition coefficient (Wildman–Crippen LogP) is 0.542. The molecular weight excluding hydrogens is 160 g/mol. The van der Waals surface area contributed by atoms with Crippen LogP contribution in [0.15, 0.2) is 0 Å². The quantitative estimate of drug-likeness (QED) is 0.347. The van der Waals surface area contributed by atoms with E-state index in [-0.39, 0.29) is 6.10 Å². The number of hydrogen-bond acceptors (Lipinski definition) is 4. The van der Waals surface area contributed by atoms with Crippen LogP contribution in [0.5, 0.6) is 0 Å². The third-order valence-electron chi connectivity index (χ3n) is 1.05. The molecule has 0 aliphatic rings. The Labute approximate surface area is 71.8 Å². The molecule has 12 heavy (non-hydrogen) atoms. The number of rotatable bonds is 5. The highest BCUT2D eigenvalue weighted by Gasteiger charge is 2.19. The second-order valence-corrected chi connectivity index (χ2v) is 2.50. The third kappa shape index (κ3) is 4.08. The van der Waals surface area contributed by atoms with Crippen molar-refractivity contribution < 1.29 is 19.1 Å². The minimum atomic E-state index is -1.07. The molecule has 1 unspecified atom stereocenters. The van der Waals surface area contributed by atoms with Crippen molar-refractivity contribution >= 4 is 12.3 Å². The summed E-state index contributed by atoms with van der Waals surface area (Å²) in [5.74, 6) is -0.623. The highest BCUT2D eigenvalue weighted by atomic mass is 16.6. The maximum Gasteiger partial charge on any atom is 0.343 e. The van der Waals surface area contributed by atoms with Crippen LogP contribution >= 0.6 is 0 Å². The summed E-state index contributed by atoms with van der Waals surface area (Å²) in [7, 11) is 0. The van der Waals surface area contributed by atoms with Crippen molar-refractivity contribution in [3.63, 3.8) is 0 Å². The van der Waals surface area contributed by atoms with Gasteiger partial charge in [-0.1, -0.05) is 0 Å². The van der Waals surface area contributed by atoms with Gasteiger partial charge in [0.05, 0.1) is 6.10 Å². The Balaban J connectivity index is 3.93. The first-order valence-corrected chi connectivity index (χ1v) is 3.89. The first-order valence-electron chi connectivity index (χ1n) is 3.89. The van der Waals surface area contributed by atoms with Gasteiger partial charge in [0.15, 0.2) is 6.29 Å². The Morgan fingerprint density at radius 3 is 2.42 bits per heavy atom. The summed E-state index contributed by atoms with van der Waals surface area (Å²) >= 11 is 0. The van der Waals surface area contributed by atoms with Gasteiger partial charge in [0, 0.05) is 6.61 Å². The Morgan fingerprint density at radius 2 is 2.08 bits per heavy atom. The summed E-state index contributed by atoms with van der Waals surface area (Å²) in [6.45, 7) is 5.45. The van der Waals surface area contributed by atoms with Crippen molar-refractivity contribution in [3.8, 4) is 0 Å². The van der Waals surface area contributed by atoms with Crippen molar-refractivity contribution in [2.45, 2.75) is 33.0 Å². The molecule has 0 bridgehead atoms. The molecule has 0 aromatic carbocycles. The smallest absolute Gasteiger partial charge is 0.343 e. The Kier molecular flexibility index (Phi) is 5.28. The summed E-state index contributed by atoms with van der Waals surface area (Å²) in [6, 6.07) is 0. The van der Waals surface area contributed by atoms with Gasteiger partial charge in [-0.3, -0.25) is 4.79 Å². The number of hydrogen-bond donors (Lipinski definition) is 0. The van der Waals surface area contributed by atoms with Gasteiger partial charge in [-0.15, -0.1) is 0 Å². The molecule has 0 N–H and O–H groups in total. The minimum absolute atomic E-state index is 0.222. The maximum atomic E-state index is 11.0. The van der Waals surface area contributed by atoms with E-state index in [0.717, 1.165) is 0 Å². The van der Waals surface area contributed by atoms with Crippen molar-refractivity contribution in [2.75, 3.05) is 6.61 Å². The van der Waals surface area contributed by atoms with E-state index in [1.165, 1.54) is 0 Å². The second-order valence-electron chi connectivity index (χ2n) is 2.50. The lowest BCUT2D eigenvalue weighted by molar-refractivity contribution is -0.161. The molecule has 0 fully saturated rings. The van der Waals surface area contributed by atoms with E-state index >= 15 is 0 Å². The van der Waals surface area contributed by atoms with Crippen LogP contribution in [0.4, 0.5) is 0 Å². The second kappa shape index (κ2) is 5.71. The summed E-state index contributed by atoms with van der Waals surface area (Å²) in [4.78, 5) is 21.3. The van der Waals surface area contributed by atoms with Gasteiger partial charge in [0.25, 0.3) is 0 Å². The van der Waals surface area contributed by atoms with Gasteiger partial charge in [-0.2, -0.15) is 0 Å². The van der Waals surface area contributed by atoms with Gasteiger partial charge < -0.3 is 9.47 Å². The molecule has 0 saturated heterocycles. The summed E-state index contributed by atoms with van der Waals surface area (Å²) in [6.07, 6.45) is -0.855. The molecular formula is C8H14O4. The van der Waals surface area contributed by atoms with Crippen LogP contribution in [0.25, 0.3) is 0 Å². The third-order valence-corrected chi connectivity index (χ3v) is 1.05. The fourth-order valence-corrected chi connectivity index (χ4v) is 0.642. The number of aldehydes is 1. The number of esters is 1. The van der Waals surface area contributed by atoms with Crippen LogP contribution in [-0.4, -0.2) is 31.1 Å². The van der Waals surface area contributed by atoms with Crippen LogP contribution in [0.2, 0.25) is 0 Å². The van der Waals surface area contributed by atoms with Crippen molar-refractivity contribution in [3.05, 3.63) is 0 Å². The van der Waals surface area contributed by atoms with Crippen LogP contribution < -0.4 is 0 Å². The SMILES string of the molecule is CCOC(C=O)C(=O)OC(C)C. The zero-order valence-corrected chi connectivity index (χ0v) is 7.57. The van der Waals surface area contributed by atoms with Crippen LogP contribution in [0.3, 0.4) is 0 Å². The molecule has 4 nitrogen and oxygen atoms in total. The lowest BCUT2D eigenvalue weighted by atomic mass is 10.4. The van der Waals surface area contributed by atoms with E-state index in [2.05, 4.69) is 0 Å². The Bertz CT molecular complexity index is 153. The fourth-order valence-electron chi connectivity index (χ4n) is 0.642. The molecule has 0 heterocycles. The zero-order valence-electron chi connectivity index (χ0n) is 7.57. The summed E-state index contributed by atoms with van der Waals surface area (Å²) < 4.78 is 9.57. The molecule has 0 rings (SSSR count). The van der Waals surface area contributed by atoms with Gasteiger partial charge in [0.2, 0.25) is 6.10 Å². The normalized spacial score (nSPS) is 12.7. The van der Waals surface area contributed by atoms with E-state index in [1.54, 1.807) is 20.8 Å². The minimum Gasteiger partial charge on any atom is -0.461 e. The van der Waals surface area contributed by atoms with Gasteiger partial charge >= 0.3 is 5.97 Å². The van der Waals surface area contributed by atoms with Crippen molar-refractivity contribution in [2.24, 2.45) is 0 Å². The van der Waals surface area contributed by atoms with Gasteiger partial charge in [0.1, 0.15) is 0 Å². The van der Waals surface area contributed by atoms with E-state index in [0.29, 0.717) is 12.9 Å². The zero-order chi connectivity index (χ0) is 9.56. The molecule has 0 amide bonds. The first kappa shape index (κ1) is 11.1.